The van der Waals surface area contributed by atoms with E-state index in [1.165, 1.54) is 16.7 Å². The molecule has 1 amide bonds. The second-order valence-electron chi connectivity index (χ2n) is 6.10. The van der Waals surface area contributed by atoms with Crippen LogP contribution in [0.1, 0.15) is 43.4 Å². The Hall–Kier alpha value is -1.55. The quantitative estimate of drug-likeness (QED) is 0.890. The largest absolute Gasteiger partial charge is 0.444 e. The van der Waals surface area contributed by atoms with Crippen molar-refractivity contribution >= 4 is 6.09 Å². The zero-order chi connectivity index (χ0) is 15.3. The van der Waals surface area contributed by atoms with Crippen LogP contribution in [0.25, 0.3) is 0 Å². The molecule has 0 aliphatic rings. The summed E-state index contributed by atoms with van der Waals surface area (Å²) in [7, 11) is 0. The van der Waals surface area contributed by atoms with Gasteiger partial charge >= 0.3 is 6.09 Å². The molecule has 4 heteroatoms. The molecule has 0 aliphatic carbocycles. The molecule has 0 saturated heterocycles. The highest BCUT2D eigenvalue weighted by Crippen LogP contribution is 2.21. The van der Waals surface area contributed by atoms with Crippen LogP contribution in [0.4, 0.5) is 4.79 Å². The molecule has 0 radical (unpaired) electrons. The summed E-state index contributed by atoms with van der Waals surface area (Å²) >= 11 is 0. The minimum absolute atomic E-state index is 0.0995. The van der Waals surface area contributed by atoms with Crippen LogP contribution >= 0.6 is 0 Å². The SMILES string of the molecule is Cc1cccc(C(CN)CNC(=O)OC(C)(C)C)c1C. The smallest absolute Gasteiger partial charge is 0.407 e. The molecule has 1 atom stereocenters. The number of nitrogens with one attached hydrogen (secondary N) is 1. The summed E-state index contributed by atoms with van der Waals surface area (Å²) < 4.78 is 5.23. The van der Waals surface area contributed by atoms with Crippen LogP contribution in [0, 0.1) is 13.8 Å². The molecule has 0 bridgehead atoms. The molecule has 1 unspecified atom stereocenters. The maximum Gasteiger partial charge on any atom is 0.407 e. The van der Waals surface area contributed by atoms with Gasteiger partial charge in [-0.1, -0.05) is 18.2 Å². The van der Waals surface area contributed by atoms with E-state index in [2.05, 4.69) is 31.3 Å². The zero-order valence-corrected chi connectivity index (χ0v) is 13.1. The summed E-state index contributed by atoms with van der Waals surface area (Å²) in [6.45, 7) is 10.7. The molecule has 1 aromatic carbocycles. The molecule has 0 aromatic heterocycles. The average molecular weight is 278 g/mol. The minimum Gasteiger partial charge on any atom is -0.444 e. The van der Waals surface area contributed by atoms with E-state index in [0.29, 0.717) is 13.1 Å². The van der Waals surface area contributed by atoms with Gasteiger partial charge in [0.1, 0.15) is 5.60 Å². The number of benzene rings is 1. The molecule has 0 aliphatic heterocycles. The molecule has 0 heterocycles. The summed E-state index contributed by atoms with van der Waals surface area (Å²) in [6.07, 6.45) is -0.402. The van der Waals surface area contributed by atoms with Gasteiger partial charge < -0.3 is 15.8 Å². The third kappa shape index (κ3) is 4.85. The summed E-state index contributed by atoms with van der Waals surface area (Å²) in [5.74, 6) is 0.0995. The van der Waals surface area contributed by atoms with Crippen molar-refractivity contribution in [1.82, 2.24) is 5.32 Å². The van der Waals surface area contributed by atoms with Gasteiger partial charge in [0.05, 0.1) is 0 Å². The first kappa shape index (κ1) is 16.5. The number of rotatable bonds is 4. The molecule has 0 spiro atoms. The molecule has 0 saturated carbocycles. The third-order valence-corrected chi connectivity index (χ3v) is 3.26. The lowest BCUT2D eigenvalue weighted by Gasteiger charge is -2.22. The van der Waals surface area contributed by atoms with Crippen molar-refractivity contribution in [3.63, 3.8) is 0 Å². The highest BCUT2D eigenvalue weighted by Gasteiger charge is 2.18. The Bertz CT molecular complexity index is 464. The molecule has 3 N–H and O–H groups in total. The first-order valence-corrected chi connectivity index (χ1v) is 6.97. The van der Waals surface area contributed by atoms with Gasteiger partial charge in [0.15, 0.2) is 0 Å². The molecular formula is C16H26N2O2. The average Bonchev–Trinajstić information content (AvgIpc) is 2.32. The lowest BCUT2D eigenvalue weighted by molar-refractivity contribution is 0.0525. The van der Waals surface area contributed by atoms with E-state index in [0.717, 1.165) is 0 Å². The van der Waals surface area contributed by atoms with E-state index in [9.17, 15) is 4.79 Å². The Kier molecular flexibility index (Phi) is 5.57. The van der Waals surface area contributed by atoms with Gasteiger partial charge in [-0.25, -0.2) is 4.79 Å². The van der Waals surface area contributed by atoms with Gasteiger partial charge in [-0.2, -0.15) is 0 Å². The first-order chi connectivity index (χ1) is 9.24. The van der Waals surface area contributed by atoms with Gasteiger partial charge in [0.2, 0.25) is 0 Å². The normalized spacial score (nSPS) is 12.9. The van der Waals surface area contributed by atoms with Crippen LogP contribution in [-0.4, -0.2) is 24.8 Å². The fourth-order valence-electron chi connectivity index (χ4n) is 2.06. The van der Waals surface area contributed by atoms with E-state index in [4.69, 9.17) is 10.5 Å². The number of carbonyl (C=O) groups excluding carboxylic acids is 1. The predicted octanol–water partition coefficient (Wildman–Crippen LogP) is 2.87. The number of alkyl carbamates (subject to hydrolysis) is 1. The molecule has 4 nitrogen and oxygen atoms in total. The van der Waals surface area contributed by atoms with E-state index < -0.39 is 11.7 Å². The molecule has 112 valence electrons. The fraction of sp³-hybridized carbons (Fsp3) is 0.562. The van der Waals surface area contributed by atoms with Crippen molar-refractivity contribution in [2.24, 2.45) is 5.73 Å². The van der Waals surface area contributed by atoms with Gasteiger partial charge in [0.25, 0.3) is 0 Å². The number of hydrogen-bond acceptors (Lipinski definition) is 3. The number of aryl methyl sites for hydroxylation is 1. The van der Waals surface area contributed by atoms with Crippen molar-refractivity contribution in [3.8, 4) is 0 Å². The maximum atomic E-state index is 11.7. The molecule has 1 rings (SSSR count). The topological polar surface area (TPSA) is 64.3 Å². The monoisotopic (exact) mass is 278 g/mol. The Balaban J connectivity index is 2.69. The molecular weight excluding hydrogens is 252 g/mol. The molecule has 0 fully saturated rings. The van der Waals surface area contributed by atoms with Crippen molar-refractivity contribution in [1.29, 1.82) is 0 Å². The van der Waals surface area contributed by atoms with Crippen LogP contribution in [0.15, 0.2) is 18.2 Å². The van der Waals surface area contributed by atoms with E-state index in [1.807, 2.05) is 26.8 Å². The fourth-order valence-corrected chi connectivity index (χ4v) is 2.06. The van der Waals surface area contributed by atoms with Crippen LogP contribution in [0.3, 0.4) is 0 Å². The minimum atomic E-state index is -0.485. The Morgan fingerprint density at radius 2 is 2.00 bits per heavy atom. The number of amides is 1. The van der Waals surface area contributed by atoms with Gasteiger partial charge in [0, 0.05) is 19.0 Å². The number of nitrogens with two attached hydrogens (primary N) is 1. The van der Waals surface area contributed by atoms with Gasteiger partial charge in [-0.15, -0.1) is 0 Å². The summed E-state index contributed by atoms with van der Waals surface area (Å²) in [4.78, 5) is 11.7. The van der Waals surface area contributed by atoms with Crippen molar-refractivity contribution < 1.29 is 9.53 Å². The Morgan fingerprint density at radius 3 is 2.55 bits per heavy atom. The van der Waals surface area contributed by atoms with E-state index in [1.54, 1.807) is 0 Å². The number of hydrogen-bond donors (Lipinski definition) is 2. The highest BCUT2D eigenvalue weighted by molar-refractivity contribution is 5.67. The predicted molar refractivity (Wildman–Crippen MR) is 81.9 cm³/mol. The summed E-state index contributed by atoms with van der Waals surface area (Å²) in [5.41, 5.74) is 9.01. The Labute approximate surface area is 121 Å². The van der Waals surface area contributed by atoms with Crippen molar-refractivity contribution in [2.45, 2.75) is 46.1 Å². The van der Waals surface area contributed by atoms with Crippen LogP contribution in [-0.2, 0) is 4.74 Å². The van der Waals surface area contributed by atoms with Crippen molar-refractivity contribution in [3.05, 3.63) is 34.9 Å². The summed E-state index contributed by atoms with van der Waals surface area (Å²) in [6, 6.07) is 6.16. The van der Waals surface area contributed by atoms with Crippen LogP contribution in [0.2, 0.25) is 0 Å². The van der Waals surface area contributed by atoms with Gasteiger partial charge in [-0.3, -0.25) is 0 Å². The molecule has 20 heavy (non-hydrogen) atoms. The van der Waals surface area contributed by atoms with Crippen LogP contribution < -0.4 is 11.1 Å². The lowest BCUT2D eigenvalue weighted by atomic mass is 9.92. The number of ether oxygens (including phenoxy) is 1. The highest BCUT2D eigenvalue weighted by atomic mass is 16.6. The number of carbonyl (C=O) groups is 1. The first-order valence-electron chi connectivity index (χ1n) is 6.97. The van der Waals surface area contributed by atoms with Crippen LogP contribution in [0.5, 0.6) is 0 Å². The maximum absolute atomic E-state index is 11.7. The second-order valence-corrected chi connectivity index (χ2v) is 6.10. The van der Waals surface area contributed by atoms with Gasteiger partial charge in [-0.05, 0) is 51.3 Å². The van der Waals surface area contributed by atoms with Crippen molar-refractivity contribution in [2.75, 3.05) is 13.1 Å². The third-order valence-electron chi connectivity index (χ3n) is 3.26. The summed E-state index contributed by atoms with van der Waals surface area (Å²) in [5, 5.41) is 2.79. The van der Waals surface area contributed by atoms with E-state index in [-0.39, 0.29) is 5.92 Å². The Morgan fingerprint density at radius 1 is 1.35 bits per heavy atom. The van der Waals surface area contributed by atoms with E-state index >= 15 is 0 Å². The lowest BCUT2D eigenvalue weighted by Crippen LogP contribution is -2.36. The second kappa shape index (κ2) is 6.75. The molecule has 1 aromatic rings. The zero-order valence-electron chi connectivity index (χ0n) is 13.1. The standard InChI is InChI=1S/C16H26N2O2/c1-11-7-6-8-14(12(11)2)13(9-17)10-18-15(19)20-16(3,4)5/h6-8,13H,9-10,17H2,1-5H3,(H,18,19).